The first kappa shape index (κ1) is 14.8. The standard InChI is InChI=1S/C15H22N2O3/c16-12(14(19)20)5-1-4-8-17-13(18)9-11-10-15(11)6-2-3-7-15/h2-3,6-7,11-12H,1,4-5,8-10,16H2,(H,17,18)(H,19,20)/t11?,12-/m0/s1. The molecule has 2 aliphatic rings. The molecule has 2 aliphatic carbocycles. The summed E-state index contributed by atoms with van der Waals surface area (Å²) in [5.74, 6) is -0.438. The van der Waals surface area contributed by atoms with Crippen LogP contribution in [0.1, 0.15) is 32.1 Å². The van der Waals surface area contributed by atoms with Crippen LogP contribution in [0, 0.1) is 11.3 Å². The molecule has 4 N–H and O–H groups in total. The number of allylic oxidation sites excluding steroid dienone is 4. The third-order valence-corrected chi connectivity index (χ3v) is 4.14. The Labute approximate surface area is 118 Å². The van der Waals surface area contributed by atoms with Gasteiger partial charge in [0.05, 0.1) is 0 Å². The summed E-state index contributed by atoms with van der Waals surface area (Å²) in [6.45, 7) is 0.594. The first-order valence-corrected chi connectivity index (χ1v) is 7.16. The van der Waals surface area contributed by atoms with Crippen molar-refractivity contribution in [3.63, 3.8) is 0 Å². The van der Waals surface area contributed by atoms with Gasteiger partial charge in [-0.3, -0.25) is 9.59 Å². The molecule has 1 spiro atoms. The number of amides is 1. The minimum Gasteiger partial charge on any atom is -0.480 e. The summed E-state index contributed by atoms with van der Waals surface area (Å²) in [4.78, 5) is 22.3. The minimum atomic E-state index is -0.967. The van der Waals surface area contributed by atoms with Crippen LogP contribution in [0.25, 0.3) is 0 Å². The van der Waals surface area contributed by atoms with E-state index in [4.69, 9.17) is 10.8 Å². The minimum absolute atomic E-state index is 0.0862. The molecule has 0 bridgehead atoms. The number of nitrogens with one attached hydrogen (secondary N) is 1. The van der Waals surface area contributed by atoms with Gasteiger partial charge in [-0.2, -0.15) is 0 Å². The summed E-state index contributed by atoms with van der Waals surface area (Å²) >= 11 is 0. The van der Waals surface area contributed by atoms with E-state index >= 15 is 0 Å². The molecule has 1 saturated carbocycles. The van der Waals surface area contributed by atoms with Crippen molar-refractivity contribution in [1.82, 2.24) is 5.32 Å². The first-order chi connectivity index (χ1) is 9.53. The number of carboxylic acids is 1. The van der Waals surface area contributed by atoms with E-state index < -0.39 is 12.0 Å². The average Bonchev–Trinajstić information content (AvgIpc) is 2.84. The summed E-state index contributed by atoms with van der Waals surface area (Å²) < 4.78 is 0. The number of hydrogen-bond donors (Lipinski definition) is 3. The van der Waals surface area contributed by atoms with Crippen molar-refractivity contribution in [3.05, 3.63) is 24.3 Å². The molecule has 0 radical (unpaired) electrons. The maximum absolute atomic E-state index is 11.8. The van der Waals surface area contributed by atoms with Gasteiger partial charge in [0.15, 0.2) is 0 Å². The van der Waals surface area contributed by atoms with Crippen LogP contribution in [-0.2, 0) is 9.59 Å². The van der Waals surface area contributed by atoms with Crippen molar-refractivity contribution in [2.45, 2.75) is 38.1 Å². The van der Waals surface area contributed by atoms with Crippen molar-refractivity contribution in [3.8, 4) is 0 Å². The smallest absolute Gasteiger partial charge is 0.320 e. The highest BCUT2D eigenvalue weighted by molar-refractivity contribution is 5.77. The van der Waals surface area contributed by atoms with E-state index in [9.17, 15) is 9.59 Å². The Kier molecular flexibility index (Phi) is 4.60. The van der Waals surface area contributed by atoms with E-state index in [1.807, 2.05) is 12.2 Å². The Morgan fingerprint density at radius 1 is 1.35 bits per heavy atom. The van der Waals surface area contributed by atoms with Crippen LogP contribution in [0.5, 0.6) is 0 Å². The topological polar surface area (TPSA) is 92.4 Å². The van der Waals surface area contributed by atoms with Crippen LogP contribution in [0.3, 0.4) is 0 Å². The fraction of sp³-hybridized carbons (Fsp3) is 0.600. The van der Waals surface area contributed by atoms with Crippen LogP contribution in [0.2, 0.25) is 0 Å². The Morgan fingerprint density at radius 2 is 2.05 bits per heavy atom. The Balaban J connectivity index is 1.52. The second kappa shape index (κ2) is 6.22. The molecule has 0 aromatic carbocycles. The first-order valence-electron chi connectivity index (χ1n) is 7.16. The molecule has 0 aromatic rings. The quantitative estimate of drug-likeness (QED) is 0.582. The Morgan fingerprint density at radius 3 is 2.70 bits per heavy atom. The molecule has 1 amide bonds. The molecule has 5 nitrogen and oxygen atoms in total. The normalized spacial score (nSPS) is 22.9. The SMILES string of the molecule is N[C@@H](CCCCNC(=O)CC1CC12C=CC=C2)C(=O)O. The fourth-order valence-electron chi connectivity index (χ4n) is 2.70. The molecule has 0 aromatic heterocycles. The van der Waals surface area contributed by atoms with Gasteiger partial charge in [-0.05, 0) is 31.6 Å². The van der Waals surface area contributed by atoms with E-state index in [-0.39, 0.29) is 11.3 Å². The third-order valence-electron chi connectivity index (χ3n) is 4.14. The Bertz CT molecular complexity index is 430. The highest BCUT2D eigenvalue weighted by Gasteiger charge is 2.51. The van der Waals surface area contributed by atoms with Crippen molar-refractivity contribution in [1.29, 1.82) is 0 Å². The van der Waals surface area contributed by atoms with E-state index in [0.717, 1.165) is 12.8 Å². The summed E-state index contributed by atoms with van der Waals surface area (Å²) in [5.41, 5.74) is 5.57. The molecule has 5 heteroatoms. The predicted molar refractivity (Wildman–Crippen MR) is 75.9 cm³/mol. The molecule has 2 rings (SSSR count). The molecule has 0 saturated heterocycles. The summed E-state index contributed by atoms with van der Waals surface area (Å²) in [5, 5.41) is 11.5. The molecular weight excluding hydrogens is 256 g/mol. The highest BCUT2D eigenvalue weighted by atomic mass is 16.4. The van der Waals surface area contributed by atoms with E-state index in [2.05, 4.69) is 17.5 Å². The monoisotopic (exact) mass is 278 g/mol. The van der Waals surface area contributed by atoms with Crippen LogP contribution in [0.15, 0.2) is 24.3 Å². The van der Waals surface area contributed by atoms with Crippen molar-refractivity contribution in [2.75, 3.05) is 6.54 Å². The van der Waals surface area contributed by atoms with Gasteiger partial charge >= 0.3 is 5.97 Å². The third kappa shape index (κ3) is 3.70. The van der Waals surface area contributed by atoms with Gasteiger partial charge in [0.1, 0.15) is 6.04 Å². The summed E-state index contributed by atoms with van der Waals surface area (Å²) in [6.07, 6.45) is 12.0. The summed E-state index contributed by atoms with van der Waals surface area (Å²) in [6, 6.07) is -0.794. The van der Waals surface area contributed by atoms with Gasteiger partial charge < -0.3 is 16.2 Å². The second-order valence-electron chi connectivity index (χ2n) is 5.73. The molecule has 2 atom stereocenters. The van der Waals surface area contributed by atoms with Gasteiger partial charge in [0.2, 0.25) is 5.91 Å². The number of carboxylic acid groups (broad SMARTS) is 1. The molecule has 20 heavy (non-hydrogen) atoms. The number of carbonyl (C=O) groups excluding carboxylic acids is 1. The highest BCUT2D eigenvalue weighted by Crippen LogP contribution is 2.58. The van der Waals surface area contributed by atoms with Crippen molar-refractivity contribution in [2.24, 2.45) is 17.1 Å². The zero-order valence-corrected chi connectivity index (χ0v) is 11.5. The fourth-order valence-corrected chi connectivity index (χ4v) is 2.70. The van der Waals surface area contributed by atoms with Crippen molar-refractivity contribution >= 4 is 11.9 Å². The molecule has 0 aliphatic heterocycles. The van der Waals surface area contributed by atoms with E-state index in [1.54, 1.807) is 0 Å². The molecule has 1 fully saturated rings. The number of unbranched alkanes of at least 4 members (excludes halogenated alkanes) is 1. The average molecular weight is 278 g/mol. The van der Waals surface area contributed by atoms with Crippen LogP contribution >= 0.6 is 0 Å². The largest absolute Gasteiger partial charge is 0.480 e. The number of nitrogens with two attached hydrogens (primary N) is 1. The van der Waals surface area contributed by atoms with E-state index in [1.165, 1.54) is 0 Å². The zero-order chi connectivity index (χ0) is 14.6. The lowest BCUT2D eigenvalue weighted by Gasteiger charge is -2.08. The molecule has 0 heterocycles. The van der Waals surface area contributed by atoms with Gasteiger partial charge in [0, 0.05) is 18.4 Å². The lowest BCUT2D eigenvalue weighted by molar-refractivity contribution is -0.138. The van der Waals surface area contributed by atoms with Gasteiger partial charge in [-0.25, -0.2) is 0 Å². The number of carbonyl (C=O) groups is 2. The van der Waals surface area contributed by atoms with Gasteiger partial charge in [-0.1, -0.05) is 24.3 Å². The number of aliphatic carboxylic acids is 1. The maximum atomic E-state index is 11.8. The molecule has 1 unspecified atom stereocenters. The Hall–Kier alpha value is -1.62. The lowest BCUT2D eigenvalue weighted by atomic mass is 10.0. The van der Waals surface area contributed by atoms with E-state index in [0.29, 0.717) is 31.7 Å². The molecule has 110 valence electrons. The second-order valence-corrected chi connectivity index (χ2v) is 5.73. The predicted octanol–water partition coefficient (Wildman–Crippen LogP) is 1.21. The van der Waals surface area contributed by atoms with Gasteiger partial charge in [0.25, 0.3) is 0 Å². The summed E-state index contributed by atoms with van der Waals surface area (Å²) in [7, 11) is 0. The molecular formula is C15H22N2O3. The van der Waals surface area contributed by atoms with Crippen molar-refractivity contribution < 1.29 is 14.7 Å². The lowest BCUT2D eigenvalue weighted by Crippen LogP contribution is -2.30. The number of hydrogen-bond acceptors (Lipinski definition) is 3. The number of rotatable bonds is 8. The van der Waals surface area contributed by atoms with Crippen LogP contribution in [0.4, 0.5) is 0 Å². The zero-order valence-electron chi connectivity index (χ0n) is 11.5. The van der Waals surface area contributed by atoms with Crippen LogP contribution in [-0.4, -0.2) is 29.6 Å². The van der Waals surface area contributed by atoms with Crippen LogP contribution < -0.4 is 11.1 Å². The maximum Gasteiger partial charge on any atom is 0.320 e. The van der Waals surface area contributed by atoms with Gasteiger partial charge in [-0.15, -0.1) is 0 Å².